The number of nitrogens with zero attached hydrogens (tertiary/aromatic N) is 2. The number of para-hydroxylation sites is 1. The molecular formula is C24H19ClFN3OS. The maximum absolute atomic E-state index is 13.3. The Labute approximate surface area is 188 Å². The number of fused-ring (bicyclic) bond motifs is 1. The minimum atomic E-state index is -0.317. The number of rotatable bonds is 6. The summed E-state index contributed by atoms with van der Waals surface area (Å²) in [7, 11) is 0. The van der Waals surface area contributed by atoms with Crippen LogP contribution in [0.25, 0.3) is 22.3 Å². The van der Waals surface area contributed by atoms with Crippen molar-refractivity contribution < 1.29 is 9.18 Å². The first-order chi connectivity index (χ1) is 15.0. The monoisotopic (exact) mass is 451 g/mol. The Hall–Kier alpha value is -2.96. The first kappa shape index (κ1) is 21.3. The van der Waals surface area contributed by atoms with Crippen molar-refractivity contribution in [3.05, 3.63) is 83.1 Å². The largest absolute Gasteiger partial charge is 0.324 e. The van der Waals surface area contributed by atoms with Crippen LogP contribution in [0.1, 0.15) is 12.5 Å². The van der Waals surface area contributed by atoms with Gasteiger partial charge in [0.15, 0.2) is 5.82 Å². The zero-order valence-electron chi connectivity index (χ0n) is 16.7. The Morgan fingerprint density at radius 3 is 2.58 bits per heavy atom. The quantitative estimate of drug-likeness (QED) is 0.273. The van der Waals surface area contributed by atoms with Gasteiger partial charge in [-0.15, -0.1) is 0 Å². The molecule has 0 bridgehead atoms. The van der Waals surface area contributed by atoms with Gasteiger partial charge in [-0.1, -0.05) is 48.5 Å². The molecule has 4 aromatic rings. The third kappa shape index (κ3) is 5.03. The van der Waals surface area contributed by atoms with E-state index in [1.165, 1.54) is 23.9 Å². The number of halogens is 2. The fraction of sp³-hybridized carbons (Fsp3) is 0.125. The molecule has 0 aliphatic heterocycles. The summed E-state index contributed by atoms with van der Waals surface area (Å²) in [6.45, 7) is 2.08. The van der Waals surface area contributed by atoms with Crippen molar-refractivity contribution in [1.29, 1.82) is 0 Å². The lowest BCUT2D eigenvalue weighted by molar-refractivity contribution is -0.113. The average molecular weight is 452 g/mol. The second-order valence-corrected chi connectivity index (χ2v) is 8.25. The van der Waals surface area contributed by atoms with Gasteiger partial charge < -0.3 is 5.32 Å². The van der Waals surface area contributed by atoms with Crippen LogP contribution in [-0.2, 0) is 11.2 Å². The van der Waals surface area contributed by atoms with E-state index in [4.69, 9.17) is 16.6 Å². The van der Waals surface area contributed by atoms with Gasteiger partial charge in [0.25, 0.3) is 0 Å². The van der Waals surface area contributed by atoms with Gasteiger partial charge in [0, 0.05) is 10.9 Å². The van der Waals surface area contributed by atoms with Gasteiger partial charge in [-0.25, -0.2) is 14.4 Å². The highest BCUT2D eigenvalue weighted by Crippen LogP contribution is 2.30. The standard InChI is InChI=1S/C24H19ClFN3OS/c1-2-15-7-12-20-18(13-15)24(29-23(28-20)16-8-10-17(26)11-9-16)31-14-22(30)27-21-6-4-3-5-19(21)25/h3-13H,2,14H2,1H3,(H,27,30). The average Bonchev–Trinajstić information content (AvgIpc) is 2.79. The van der Waals surface area contributed by atoms with E-state index in [0.29, 0.717) is 27.1 Å². The van der Waals surface area contributed by atoms with Crippen molar-refractivity contribution in [1.82, 2.24) is 9.97 Å². The summed E-state index contributed by atoms with van der Waals surface area (Å²) < 4.78 is 13.3. The van der Waals surface area contributed by atoms with Gasteiger partial charge in [0.05, 0.1) is 22.0 Å². The van der Waals surface area contributed by atoms with Crippen LogP contribution in [0.15, 0.2) is 71.8 Å². The molecule has 0 radical (unpaired) electrons. The fourth-order valence-corrected chi connectivity index (χ4v) is 4.08. The Morgan fingerprint density at radius 1 is 1.06 bits per heavy atom. The Balaban J connectivity index is 1.64. The normalized spacial score (nSPS) is 10.9. The second kappa shape index (κ2) is 9.45. The number of aryl methyl sites for hydroxylation is 1. The predicted molar refractivity (Wildman–Crippen MR) is 125 cm³/mol. The second-order valence-electron chi connectivity index (χ2n) is 6.88. The molecule has 7 heteroatoms. The van der Waals surface area contributed by atoms with Gasteiger partial charge in [-0.2, -0.15) is 0 Å². The molecule has 4 rings (SSSR count). The number of amides is 1. The van der Waals surface area contributed by atoms with Crippen molar-refractivity contribution in [2.75, 3.05) is 11.1 Å². The number of carbonyl (C=O) groups is 1. The van der Waals surface area contributed by atoms with E-state index in [1.54, 1.807) is 24.3 Å². The van der Waals surface area contributed by atoms with Crippen LogP contribution in [0.5, 0.6) is 0 Å². The molecule has 0 fully saturated rings. The molecule has 0 unspecified atom stereocenters. The van der Waals surface area contributed by atoms with E-state index in [0.717, 1.165) is 22.9 Å². The van der Waals surface area contributed by atoms with E-state index in [2.05, 4.69) is 23.3 Å². The molecule has 3 aromatic carbocycles. The van der Waals surface area contributed by atoms with Gasteiger partial charge in [0.1, 0.15) is 10.8 Å². The maximum Gasteiger partial charge on any atom is 0.234 e. The van der Waals surface area contributed by atoms with Crippen molar-refractivity contribution >= 4 is 45.9 Å². The first-order valence-electron chi connectivity index (χ1n) is 9.77. The van der Waals surface area contributed by atoms with Gasteiger partial charge in [0.2, 0.25) is 5.91 Å². The summed E-state index contributed by atoms with van der Waals surface area (Å²) in [6.07, 6.45) is 0.882. The molecule has 4 nitrogen and oxygen atoms in total. The van der Waals surface area contributed by atoms with Crippen molar-refractivity contribution in [2.24, 2.45) is 0 Å². The summed E-state index contributed by atoms with van der Waals surface area (Å²) in [5.41, 5.74) is 3.22. The van der Waals surface area contributed by atoms with E-state index in [1.807, 2.05) is 24.3 Å². The van der Waals surface area contributed by atoms with Crippen LogP contribution in [0.2, 0.25) is 5.02 Å². The first-order valence-corrected chi connectivity index (χ1v) is 11.1. The van der Waals surface area contributed by atoms with E-state index in [-0.39, 0.29) is 17.5 Å². The maximum atomic E-state index is 13.3. The Morgan fingerprint density at radius 2 is 1.84 bits per heavy atom. The number of hydrogen-bond donors (Lipinski definition) is 1. The third-order valence-corrected chi connectivity index (χ3v) is 6.04. The van der Waals surface area contributed by atoms with Crippen LogP contribution in [0.4, 0.5) is 10.1 Å². The number of thioether (sulfide) groups is 1. The van der Waals surface area contributed by atoms with Crippen LogP contribution in [-0.4, -0.2) is 21.6 Å². The molecule has 0 saturated heterocycles. The summed E-state index contributed by atoms with van der Waals surface area (Å²) >= 11 is 7.46. The summed E-state index contributed by atoms with van der Waals surface area (Å²) in [6, 6.07) is 19.2. The van der Waals surface area contributed by atoms with Gasteiger partial charge >= 0.3 is 0 Å². The summed E-state index contributed by atoms with van der Waals surface area (Å²) in [5, 5.41) is 4.90. The molecular weight excluding hydrogens is 433 g/mol. The number of nitrogens with one attached hydrogen (secondary N) is 1. The minimum Gasteiger partial charge on any atom is -0.324 e. The van der Waals surface area contributed by atoms with Crippen LogP contribution < -0.4 is 5.32 Å². The van der Waals surface area contributed by atoms with Crippen molar-refractivity contribution in [3.8, 4) is 11.4 Å². The Kier molecular flexibility index (Phi) is 6.49. The molecule has 0 aliphatic carbocycles. The molecule has 1 amide bonds. The van der Waals surface area contributed by atoms with Crippen LogP contribution in [0.3, 0.4) is 0 Å². The number of benzene rings is 3. The van der Waals surface area contributed by atoms with E-state index in [9.17, 15) is 9.18 Å². The lowest BCUT2D eigenvalue weighted by Crippen LogP contribution is -2.14. The fourth-order valence-electron chi connectivity index (χ4n) is 3.09. The zero-order valence-corrected chi connectivity index (χ0v) is 18.3. The van der Waals surface area contributed by atoms with Gasteiger partial charge in [-0.3, -0.25) is 4.79 Å². The third-order valence-electron chi connectivity index (χ3n) is 4.72. The molecule has 0 spiro atoms. The van der Waals surface area contributed by atoms with E-state index >= 15 is 0 Å². The molecule has 0 aliphatic rings. The lowest BCUT2D eigenvalue weighted by Gasteiger charge is -2.11. The van der Waals surface area contributed by atoms with Crippen LogP contribution in [0, 0.1) is 5.82 Å². The molecule has 31 heavy (non-hydrogen) atoms. The highest BCUT2D eigenvalue weighted by Gasteiger charge is 2.13. The molecule has 0 atom stereocenters. The summed E-state index contributed by atoms with van der Waals surface area (Å²) in [4.78, 5) is 21.9. The molecule has 0 saturated carbocycles. The molecule has 1 aromatic heterocycles. The SMILES string of the molecule is CCc1ccc2nc(-c3ccc(F)cc3)nc(SCC(=O)Nc3ccccc3Cl)c2c1. The highest BCUT2D eigenvalue weighted by molar-refractivity contribution is 8.00. The number of hydrogen-bond acceptors (Lipinski definition) is 4. The van der Waals surface area contributed by atoms with E-state index < -0.39 is 0 Å². The lowest BCUT2D eigenvalue weighted by atomic mass is 10.1. The molecule has 1 N–H and O–H groups in total. The molecule has 156 valence electrons. The summed E-state index contributed by atoms with van der Waals surface area (Å²) in [5.74, 6) is 0.157. The smallest absolute Gasteiger partial charge is 0.234 e. The topological polar surface area (TPSA) is 54.9 Å². The Bertz CT molecular complexity index is 1250. The predicted octanol–water partition coefficient (Wildman–Crippen LogP) is 6.38. The number of carbonyl (C=O) groups excluding carboxylic acids is 1. The van der Waals surface area contributed by atoms with Crippen molar-refractivity contribution in [3.63, 3.8) is 0 Å². The van der Waals surface area contributed by atoms with Crippen LogP contribution >= 0.6 is 23.4 Å². The van der Waals surface area contributed by atoms with Crippen molar-refractivity contribution in [2.45, 2.75) is 18.4 Å². The number of anilines is 1. The number of aromatic nitrogens is 2. The zero-order chi connectivity index (χ0) is 21.8. The highest BCUT2D eigenvalue weighted by atomic mass is 35.5. The minimum absolute atomic E-state index is 0.163. The molecule has 1 heterocycles. The van der Waals surface area contributed by atoms with Gasteiger partial charge in [-0.05, 0) is 60.5 Å².